The highest BCUT2D eigenvalue weighted by Gasteiger charge is 2.24. The minimum Gasteiger partial charge on any atom is -0.493 e. The highest BCUT2D eigenvalue weighted by molar-refractivity contribution is 8.18. The summed E-state index contributed by atoms with van der Waals surface area (Å²) in [6.07, 6.45) is 1.76. The third-order valence-electron chi connectivity index (χ3n) is 4.61. The highest BCUT2D eigenvalue weighted by Crippen LogP contribution is 2.34. The van der Waals surface area contributed by atoms with Crippen LogP contribution in [0.2, 0.25) is 15.1 Å². The normalized spacial score (nSPS) is 15.7. The van der Waals surface area contributed by atoms with Gasteiger partial charge < -0.3 is 14.8 Å². The zero-order chi connectivity index (χ0) is 23.4. The number of amides is 1. The van der Waals surface area contributed by atoms with Crippen LogP contribution in [0.15, 0.2) is 70.6 Å². The van der Waals surface area contributed by atoms with Crippen molar-refractivity contribution in [2.45, 2.75) is 6.61 Å². The summed E-state index contributed by atoms with van der Waals surface area (Å²) in [4.78, 5) is 17.3. The summed E-state index contributed by atoms with van der Waals surface area (Å²) in [6, 6.07) is 17.9. The van der Waals surface area contributed by atoms with Gasteiger partial charge in [-0.05, 0) is 59.8 Å². The predicted octanol–water partition coefficient (Wildman–Crippen LogP) is 7.13. The number of halogens is 3. The number of thioether (sulfide) groups is 1. The number of nitrogens with zero attached hydrogens (tertiary/aromatic N) is 1. The van der Waals surface area contributed by atoms with Crippen LogP contribution < -0.4 is 14.8 Å². The van der Waals surface area contributed by atoms with Crippen molar-refractivity contribution in [2.75, 3.05) is 7.11 Å². The van der Waals surface area contributed by atoms with Crippen LogP contribution in [0.5, 0.6) is 11.5 Å². The van der Waals surface area contributed by atoms with Gasteiger partial charge in [0.1, 0.15) is 6.61 Å². The number of ether oxygens (including phenoxy) is 2. The van der Waals surface area contributed by atoms with Crippen molar-refractivity contribution < 1.29 is 14.3 Å². The third kappa shape index (κ3) is 5.84. The van der Waals surface area contributed by atoms with E-state index < -0.39 is 0 Å². The van der Waals surface area contributed by atoms with Gasteiger partial charge in [-0.3, -0.25) is 4.79 Å². The summed E-state index contributed by atoms with van der Waals surface area (Å²) in [5.41, 5.74) is 2.17. The Morgan fingerprint density at radius 3 is 2.58 bits per heavy atom. The van der Waals surface area contributed by atoms with Gasteiger partial charge in [0.15, 0.2) is 16.7 Å². The van der Waals surface area contributed by atoms with Crippen molar-refractivity contribution in [1.82, 2.24) is 5.32 Å². The maximum absolute atomic E-state index is 12.4. The number of rotatable bonds is 6. The van der Waals surface area contributed by atoms with Crippen LogP contribution in [0, 0.1) is 0 Å². The number of nitrogens with one attached hydrogen (secondary N) is 1. The number of aliphatic imine (C=N–C) groups is 1. The molecule has 0 spiro atoms. The van der Waals surface area contributed by atoms with Crippen molar-refractivity contribution in [2.24, 2.45) is 4.99 Å². The molecular formula is C24H17Cl3N2O3S. The molecule has 0 aromatic heterocycles. The number of benzene rings is 3. The molecule has 1 fully saturated rings. The minimum absolute atomic E-state index is 0.248. The fourth-order valence-corrected chi connectivity index (χ4v) is 4.45. The van der Waals surface area contributed by atoms with Gasteiger partial charge in [0.2, 0.25) is 0 Å². The number of carbonyl (C=O) groups is 1. The van der Waals surface area contributed by atoms with Gasteiger partial charge in [-0.2, -0.15) is 0 Å². The van der Waals surface area contributed by atoms with E-state index in [1.807, 2.05) is 30.3 Å². The summed E-state index contributed by atoms with van der Waals surface area (Å²) >= 11 is 19.5. The molecule has 0 bridgehead atoms. The molecule has 33 heavy (non-hydrogen) atoms. The minimum atomic E-state index is -0.248. The number of amidine groups is 1. The monoisotopic (exact) mass is 518 g/mol. The summed E-state index contributed by atoms with van der Waals surface area (Å²) in [5, 5.41) is 4.73. The zero-order valence-electron chi connectivity index (χ0n) is 17.3. The number of methoxy groups -OCH3 is 1. The maximum Gasteiger partial charge on any atom is 0.264 e. The first kappa shape index (κ1) is 23.5. The van der Waals surface area contributed by atoms with E-state index in [4.69, 9.17) is 44.3 Å². The Balaban J connectivity index is 1.50. The van der Waals surface area contributed by atoms with E-state index in [0.717, 1.165) is 11.1 Å². The van der Waals surface area contributed by atoms with Gasteiger partial charge in [0, 0.05) is 15.6 Å². The number of carbonyl (C=O) groups excluding carboxylic acids is 1. The second-order valence-electron chi connectivity index (χ2n) is 6.87. The Hall–Kier alpha value is -2.64. The average molecular weight is 520 g/mol. The molecule has 5 nitrogen and oxygen atoms in total. The summed E-state index contributed by atoms with van der Waals surface area (Å²) < 4.78 is 11.4. The van der Waals surface area contributed by atoms with E-state index in [9.17, 15) is 4.79 Å². The summed E-state index contributed by atoms with van der Waals surface area (Å²) in [5.74, 6) is 0.867. The van der Waals surface area contributed by atoms with Crippen LogP contribution in [0.1, 0.15) is 11.1 Å². The van der Waals surface area contributed by atoms with E-state index in [0.29, 0.717) is 48.9 Å². The molecule has 1 N–H and O–H groups in total. The molecule has 1 heterocycles. The molecule has 1 aliphatic heterocycles. The van der Waals surface area contributed by atoms with Crippen molar-refractivity contribution in [3.05, 3.63) is 91.8 Å². The van der Waals surface area contributed by atoms with Gasteiger partial charge in [-0.25, -0.2) is 4.99 Å². The Morgan fingerprint density at radius 2 is 1.82 bits per heavy atom. The molecule has 3 aromatic carbocycles. The molecular weight excluding hydrogens is 503 g/mol. The van der Waals surface area contributed by atoms with Crippen molar-refractivity contribution in [1.29, 1.82) is 0 Å². The van der Waals surface area contributed by atoms with Gasteiger partial charge in [-0.1, -0.05) is 59.1 Å². The zero-order valence-corrected chi connectivity index (χ0v) is 20.4. The molecule has 1 amide bonds. The van der Waals surface area contributed by atoms with Gasteiger partial charge in [-0.15, -0.1) is 0 Å². The van der Waals surface area contributed by atoms with Crippen molar-refractivity contribution in [3.63, 3.8) is 0 Å². The third-order valence-corrected chi connectivity index (χ3v) is 6.43. The fraction of sp³-hybridized carbons (Fsp3) is 0.0833. The van der Waals surface area contributed by atoms with Crippen LogP contribution in [-0.2, 0) is 11.4 Å². The molecule has 4 rings (SSSR count). The van der Waals surface area contributed by atoms with Crippen LogP contribution in [0.4, 0.5) is 5.69 Å². The summed E-state index contributed by atoms with van der Waals surface area (Å²) in [7, 11) is 1.56. The van der Waals surface area contributed by atoms with E-state index in [-0.39, 0.29) is 5.91 Å². The average Bonchev–Trinajstić information content (AvgIpc) is 3.14. The lowest BCUT2D eigenvalue weighted by atomic mass is 10.2. The van der Waals surface area contributed by atoms with Crippen LogP contribution in [0.25, 0.3) is 6.08 Å². The quantitative estimate of drug-likeness (QED) is 0.352. The topological polar surface area (TPSA) is 59.9 Å². The Morgan fingerprint density at radius 1 is 1.00 bits per heavy atom. The Bertz CT molecular complexity index is 1280. The second kappa shape index (κ2) is 10.5. The molecule has 1 saturated heterocycles. The maximum atomic E-state index is 12.4. The lowest BCUT2D eigenvalue weighted by Gasteiger charge is -2.12. The molecule has 0 saturated carbocycles. The van der Waals surface area contributed by atoms with Gasteiger partial charge >= 0.3 is 0 Å². The first-order valence-electron chi connectivity index (χ1n) is 9.72. The lowest BCUT2D eigenvalue weighted by Crippen LogP contribution is -2.19. The fourth-order valence-electron chi connectivity index (χ4n) is 2.98. The van der Waals surface area contributed by atoms with Crippen LogP contribution in [0.3, 0.4) is 0 Å². The van der Waals surface area contributed by atoms with Gasteiger partial charge in [0.25, 0.3) is 5.91 Å². The molecule has 0 atom stereocenters. The second-order valence-corrected chi connectivity index (χ2v) is 9.15. The largest absolute Gasteiger partial charge is 0.493 e. The first-order valence-corrected chi connectivity index (χ1v) is 11.7. The summed E-state index contributed by atoms with van der Waals surface area (Å²) in [6.45, 7) is 0.307. The van der Waals surface area contributed by atoms with E-state index >= 15 is 0 Å². The first-order chi connectivity index (χ1) is 15.9. The van der Waals surface area contributed by atoms with Gasteiger partial charge in [0.05, 0.1) is 22.7 Å². The number of hydrogen-bond acceptors (Lipinski definition) is 5. The Labute approximate surface area is 210 Å². The van der Waals surface area contributed by atoms with Crippen molar-refractivity contribution in [3.8, 4) is 11.5 Å². The van der Waals surface area contributed by atoms with Crippen LogP contribution in [-0.4, -0.2) is 18.2 Å². The molecule has 0 radical (unpaired) electrons. The highest BCUT2D eigenvalue weighted by atomic mass is 35.5. The smallest absolute Gasteiger partial charge is 0.264 e. The molecule has 168 valence electrons. The number of hydrogen-bond donors (Lipinski definition) is 1. The molecule has 1 aliphatic rings. The van der Waals surface area contributed by atoms with Crippen molar-refractivity contribution >= 4 is 69.4 Å². The lowest BCUT2D eigenvalue weighted by molar-refractivity contribution is -0.115. The SMILES string of the molecule is COc1cc(C=C2SC(=Nc3ccc(Cl)cc3Cl)NC2=O)ccc1OCc1ccccc1Cl. The standard InChI is InChI=1S/C24H17Cl3N2O3S/c1-31-21-10-14(6-9-20(21)32-13-15-4-2-3-5-17(15)26)11-22-23(30)29-24(33-22)28-19-8-7-16(25)12-18(19)27/h2-12H,13H2,1H3,(H,28,29,30). The molecule has 0 aliphatic carbocycles. The van der Waals surface area contributed by atoms with Crippen LogP contribution >= 0.6 is 46.6 Å². The molecule has 0 unspecified atom stereocenters. The molecule has 9 heteroatoms. The molecule has 3 aromatic rings. The van der Waals surface area contributed by atoms with E-state index in [1.165, 1.54) is 11.8 Å². The predicted molar refractivity (Wildman–Crippen MR) is 136 cm³/mol. The Kier molecular flexibility index (Phi) is 7.50. The van der Waals surface area contributed by atoms with E-state index in [1.54, 1.807) is 43.5 Å². The van der Waals surface area contributed by atoms with E-state index in [2.05, 4.69) is 10.3 Å².